The molecule has 2 aromatic rings. The Morgan fingerprint density at radius 3 is 2.73 bits per heavy atom. The Labute approximate surface area is 127 Å². The molecule has 0 radical (unpaired) electrons. The fourth-order valence-corrected chi connectivity index (χ4v) is 5.32. The Balaban J connectivity index is 1.79. The Morgan fingerprint density at radius 1 is 1.18 bits per heavy atom. The molecule has 1 saturated heterocycles. The van der Waals surface area contributed by atoms with Gasteiger partial charge in [0.2, 0.25) is 10.0 Å². The lowest BCUT2D eigenvalue weighted by Crippen LogP contribution is -2.42. The summed E-state index contributed by atoms with van der Waals surface area (Å²) in [5, 5.41) is 0. The molecule has 2 bridgehead atoms. The molecule has 2 atom stereocenters. The quantitative estimate of drug-likeness (QED) is 0.850. The lowest BCUT2D eigenvalue weighted by atomic mass is 10.0. The van der Waals surface area contributed by atoms with Gasteiger partial charge in [0, 0.05) is 24.2 Å². The van der Waals surface area contributed by atoms with Crippen molar-refractivity contribution < 1.29 is 12.8 Å². The number of benzene rings is 1. The van der Waals surface area contributed by atoms with E-state index in [-0.39, 0.29) is 17.0 Å². The standard InChI is InChI=1S/C15H14FN3O2S/c16-10-1-4-12(5-2-10)22(20,21)19-11-3-6-15(19)13-8-17-9-18-14(13)7-11/h1-2,4-5,8-9,11,15H,3,6-7H2/t11-,15+/m0/s1. The van der Waals surface area contributed by atoms with Crippen LogP contribution in [-0.2, 0) is 16.4 Å². The molecule has 22 heavy (non-hydrogen) atoms. The Kier molecular flexibility index (Phi) is 3.02. The van der Waals surface area contributed by atoms with Gasteiger partial charge in [-0.2, -0.15) is 4.31 Å². The molecule has 2 aliphatic heterocycles. The van der Waals surface area contributed by atoms with Crippen molar-refractivity contribution in [1.29, 1.82) is 0 Å². The third kappa shape index (κ3) is 1.96. The van der Waals surface area contributed by atoms with Crippen molar-refractivity contribution in [1.82, 2.24) is 14.3 Å². The highest BCUT2D eigenvalue weighted by molar-refractivity contribution is 7.89. The van der Waals surface area contributed by atoms with Crippen molar-refractivity contribution >= 4 is 10.0 Å². The molecule has 0 saturated carbocycles. The second kappa shape index (κ2) is 4.82. The number of halogens is 1. The summed E-state index contributed by atoms with van der Waals surface area (Å²) in [6.45, 7) is 0. The predicted octanol–water partition coefficient (Wildman–Crippen LogP) is 2.07. The van der Waals surface area contributed by atoms with Gasteiger partial charge in [-0.3, -0.25) is 0 Å². The van der Waals surface area contributed by atoms with Crippen LogP contribution in [0.4, 0.5) is 4.39 Å². The van der Waals surface area contributed by atoms with Gasteiger partial charge in [-0.1, -0.05) is 0 Å². The van der Waals surface area contributed by atoms with Crippen LogP contribution in [0.25, 0.3) is 0 Å². The first kappa shape index (κ1) is 13.8. The molecule has 1 aromatic carbocycles. The smallest absolute Gasteiger partial charge is 0.243 e. The number of nitrogens with zero attached hydrogens (tertiary/aromatic N) is 3. The minimum Gasteiger partial charge on any atom is -0.244 e. The highest BCUT2D eigenvalue weighted by Crippen LogP contribution is 2.45. The van der Waals surface area contributed by atoms with Crippen LogP contribution in [0.1, 0.15) is 30.1 Å². The third-order valence-electron chi connectivity index (χ3n) is 4.44. The molecule has 5 nitrogen and oxygen atoms in total. The first-order valence-electron chi connectivity index (χ1n) is 7.15. The average Bonchev–Trinajstić information content (AvgIpc) is 2.84. The van der Waals surface area contributed by atoms with Gasteiger partial charge in [-0.15, -0.1) is 0 Å². The fraction of sp³-hybridized carbons (Fsp3) is 0.333. The number of sulfonamides is 1. The summed E-state index contributed by atoms with van der Waals surface area (Å²) in [4.78, 5) is 8.44. The van der Waals surface area contributed by atoms with E-state index in [0.29, 0.717) is 6.42 Å². The van der Waals surface area contributed by atoms with Crippen LogP contribution in [0.15, 0.2) is 41.7 Å². The van der Waals surface area contributed by atoms with E-state index in [0.717, 1.165) is 24.1 Å². The first-order valence-corrected chi connectivity index (χ1v) is 8.59. The van der Waals surface area contributed by atoms with Crippen LogP contribution in [0.2, 0.25) is 0 Å². The molecule has 1 aromatic heterocycles. The topological polar surface area (TPSA) is 63.2 Å². The number of fused-ring (bicyclic) bond motifs is 4. The minimum atomic E-state index is -3.65. The number of hydrogen-bond acceptors (Lipinski definition) is 4. The largest absolute Gasteiger partial charge is 0.244 e. The summed E-state index contributed by atoms with van der Waals surface area (Å²) in [7, 11) is -3.65. The van der Waals surface area contributed by atoms with Crippen LogP contribution in [0, 0.1) is 5.82 Å². The van der Waals surface area contributed by atoms with Crippen molar-refractivity contribution in [3.8, 4) is 0 Å². The van der Waals surface area contributed by atoms with Gasteiger partial charge in [0.25, 0.3) is 0 Å². The van der Waals surface area contributed by atoms with E-state index in [2.05, 4.69) is 9.97 Å². The molecule has 2 aliphatic rings. The summed E-state index contributed by atoms with van der Waals surface area (Å²) in [5.74, 6) is -0.445. The molecule has 0 spiro atoms. The minimum absolute atomic E-state index is 0.0811. The van der Waals surface area contributed by atoms with Crippen LogP contribution in [0.3, 0.4) is 0 Å². The second-order valence-corrected chi connectivity index (χ2v) is 7.51. The zero-order chi connectivity index (χ0) is 15.3. The van der Waals surface area contributed by atoms with E-state index < -0.39 is 15.8 Å². The number of rotatable bonds is 2. The van der Waals surface area contributed by atoms with Gasteiger partial charge in [-0.05, 0) is 37.1 Å². The SMILES string of the molecule is O=S(=O)(c1ccc(F)cc1)N1[C@H]2CC[C@@H]1c1cncnc1C2. The van der Waals surface area contributed by atoms with Gasteiger partial charge in [0.15, 0.2) is 0 Å². The van der Waals surface area contributed by atoms with Crippen LogP contribution >= 0.6 is 0 Å². The molecule has 114 valence electrons. The van der Waals surface area contributed by atoms with Gasteiger partial charge in [-0.25, -0.2) is 22.8 Å². The van der Waals surface area contributed by atoms with E-state index in [9.17, 15) is 12.8 Å². The number of aromatic nitrogens is 2. The van der Waals surface area contributed by atoms with Crippen molar-refractivity contribution in [2.24, 2.45) is 0 Å². The maximum atomic E-state index is 13.1. The van der Waals surface area contributed by atoms with Crippen LogP contribution < -0.4 is 0 Å². The van der Waals surface area contributed by atoms with Crippen molar-refractivity contribution in [2.45, 2.75) is 36.2 Å². The molecule has 0 aliphatic carbocycles. The molecule has 3 heterocycles. The van der Waals surface area contributed by atoms with Gasteiger partial charge < -0.3 is 0 Å². The first-order chi connectivity index (χ1) is 10.6. The summed E-state index contributed by atoms with van der Waals surface area (Å²) in [6.07, 6.45) is 5.39. The molecule has 4 rings (SSSR count). The Morgan fingerprint density at radius 2 is 1.95 bits per heavy atom. The second-order valence-electron chi connectivity index (χ2n) is 5.66. The molecule has 0 N–H and O–H groups in total. The molecular formula is C15H14FN3O2S. The fourth-order valence-electron chi connectivity index (χ4n) is 3.47. The van der Waals surface area contributed by atoms with E-state index >= 15 is 0 Å². The highest BCUT2D eigenvalue weighted by Gasteiger charge is 2.47. The molecule has 7 heteroatoms. The van der Waals surface area contributed by atoms with Crippen molar-refractivity contribution in [3.63, 3.8) is 0 Å². The van der Waals surface area contributed by atoms with Crippen molar-refractivity contribution in [3.05, 3.63) is 53.9 Å². The van der Waals surface area contributed by atoms with E-state index in [1.54, 1.807) is 10.5 Å². The summed E-state index contributed by atoms with van der Waals surface area (Å²) in [6, 6.07) is 4.70. The zero-order valence-corrected chi connectivity index (χ0v) is 12.5. The maximum absolute atomic E-state index is 13.1. The monoisotopic (exact) mass is 319 g/mol. The lowest BCUT2D eigenvalue weighted by Gasteiger charge is -2.34. The molecule has 0 unspecified atom stereocenters. The van der Waals surface area contributed by atoms with Gasteiger partial charge in [0.1, 0.15) is 12.1 Å². The molecular weight excluding hydrogens is 305 g/mol. The third-order valence-corrected chi connectivity index (χ3v) is 6.42. The average molecular weight is 319 g/mol. The Bertz CT molecular complexity index is 823. The van der Waals surface area contributed by atoms with E-state index in [4.69, 9.17) is 0 Å². The molecule has 1 fully saturated rings. The van der Waals surface area contributed by atoms with Crippen molar-refractivity contribution in [2.75, 3.05) is 0 Å². The van der Waals surface area contributed by atoms with E-state index in [1.165, 1.54) is 30.6 Å². The maximum Gasteiger partial charge on any atom is 0.243 e. The summed E-state index contributed by atoms with van der Waals surface area (Å²) >= 11 is 0. The predicted molar refractivity (Wildman–Crippen MR) is 76.9 cm³/mol. The molecule has 0 amide bonds. The summed E-state index contributed by atoms with van der Waals surface area (Å²) in [5.41, 5.74) is 1.83. The normalized spacial score (nSPS) is 24.2. The van der Waals surface area contributed by atoms with Crippen LogP contribution in [0.5, 0.6) is 0 Å². The summed E-state index contributed by atoms with van der Waals surface area (Å²) < 4.78 is 40.5. The zero-order valence-electron chi connectivity index (χ0n) is 11.7. The van der Waals surface area contributed by atoms with Gasteiger partial charge >= 0.3 is 0 Å². The van der Waals surface area contributed by atoms with Gasteiger partial charge in [0.05, 0.1) is 16.6 Å². The van der Waals surface area contributed by atoms with Crippen LogP contribution in [-0.4, -0.2) is 28.7 Å². The number of hydrogen-bond donors (Lipinski definition) is 0. The lowest BCUT2D eigenvalue weighted by molar-refractivity contribution is 0.300. The van der Waals surface area contributed by atoms with E-state index in [1.807, 2.05) is 0 Å². The Hall–Kier alpha value is -1.86. The highest BCUT2D eigenvalue weighted by atomic mass is 32.2.